The number of nitrogens with zero attached hydrogens (tertiary/aromatic N) is 4. The van der Waals surface area contributed by atoms with Crippen LogP contribution in [0.3, 0.4) is 0 Å². The molecule has 0 unspecified atom stereocenters. The van der Waals surface area contributed by atoms with Crippen LogP contribution in [0.5, 0.6) is 5.75 Å². The zero-order valence-electron chi connectivity index (χ0n) is 20.0. The molecule has 5 rings (SSSR count). The van der Waals surface area contributed by atoms with E-state index in [1.54, 1.807) is 24.2 Å². The Hall–Kier alpha value is -4.65. The van der Waals surface area contributed by atoms with Gasteiger partial charge in [-0.05, 0) is 42.0 Å². The number of carbonyl (C=O) groups excluding carboxylic acids is 1. The van der Waals surface area contributed by atoms with E-state index in [0.717, 1.165) is 29.4 Å². The fourth-order valence-corrected chi connectivity index (χ4v) is 4.09. The Balaban J connectivity index is 1.33. The van der Waals surface area contributed by atoms with Crippen LogP contribution in [-0.4, -0.2) is 38.9 Å². The van der Waals surface area contributed by atoms with Gasteiger partial charge in [0.2, 0.25) is 0 Å². The van der Waals surface area contributed by atoms with Crippen molar-refractivity contribution in [3.8, 4) is 22.7 Å². The predicted molar refractivity (Wildman–Crippen MR) is 139 cm³/mol. The molecule has 180 valence electrons. The number of methoxy groups -OCH3 is 1. The van der Waals surface area contributed by atoms with Crippen LogP contribution in [0.4, 0.5) is 0 Å². The topological polar surface area (TPSA) is 74.0 Å². The van der Waals surface area contributed by atoms with E-state index in [0.29, 0.717) is 24.2 Å². The number of para-hydroxylation sites is 1. The lowest BCUT2D eigenvalue weighted by atomic mass is 10.1. The summed E-state index contributed by atoms with van der Waals surface area (Å²) in [6.45, 7) is 1.21. The molecule has 0 bridgehead atoms. The van der Waals surface area contributed by atoms with Crippen molar-refractivity contribution in [1.29, 1.82) is 0 Å². The third-order valence-electron chi connectivity index (χ3n) is 5.97. The molecule has 0 radical (unpaired) electrons. The van der Waals surface area contributed by atoms with E-state index in [1.165, 1.54) is 5.56 Å². The number of ether oxygens (including phenoxy) is 1. The Morgan fingerprint density at radius 1 is 0.944 bits per heavy atom. The SMILES string of the molecule is COc1ccc(-c2nn(-c3ccccc3)cc2C(=O)NCCc2nccn2Cc2ccccc2)cc1. The Bertz CT molecular complexity index is 1420. The Morgan fingerprint density at radius 3 is 2.39 bits per heavy atom. The first kappa shape index (κ1) is 23.1. The molecule has 1 amide bonds. The van der Waals surface area contributed by atoms with Crippen LogP contribution in [0.15, 0.2) is 104 Å². The second kappa shape index (κ2) is 10.7. The Labute approximate surface area is 210 Å². The number of aromatic nitrogens is 4. The van der Waals surface area contributed by atoms with Crippen molar-refractivity contribution in [3.05, 3.63) is 120 Å². The van der Waals surface area contributed by atoms with Crippen molar-refractivity contribution in [2.24, 2.45) is 0 Å². The molecular weight excluding hydrogens is 450 g/mol. The lowest BCUT2D eigenvalue weighted by Crippen LogP contribution is -2.26. The van der Waals surface area contributed by atoms with E-state index in [4.69, 9.17) is 9.84 Å². The molecule has 0 aliphatic rings. The van der Waals surface area contributed by atoms with Gasteiger partial charge >= 0.3 is 0 Å². The molecule has 7 heteroatoms. The highest BCUT2D eigenvalue weighted by Gasteiger charge is 2.19. The fraction of sp³-hybridized carbons (Fsp3) is 0.138. The van der Waals surface area contributed by atoms with Crippen LogP contribution >= 0.6 is 0 Å². The minimum absolute atomic E-state index is 0.177. The van der Waals surface area contributed by atoms with Gasteiger partial charge in [0, 0.05) is 43.7 Å². The van der Waals surface area contributed by atoms with Crippen LogP contribution in [0.2, 0.25) is 0 Å². The molecule has 5 aromatic rings. The maximum atomic E-state index is 13.3. The highest BCUT2D eigenvalue weighted by molar-refractivity contribution is 6.00. The number of carbonyl (C=O) groups is 1. The number of hydrogen-bond donors (Lipinski definition) is 1. The maximum absolute atomic E-state index is 13.3. The van der Waals surface area contributed by atoms with Gasteiger partial charge < -0.3 is 14.6 Å². The number of nitrogens with one attached hydrogen (secondary N) is 1. The van der Waals surface area contributed by atoms with Crippen LogP contribution in [-0.2, 0) is 13.0 Å². The zero-order chi connectivity index (χ0) is 24.7. The molecule has 0 fully saturated rings. The normalized spacial score (nSPS) is 10.8. The molecule has 0 saturated carbocycles. The summed E-state index contributed by atoms with van der Waals surface area (Å²) in [6.07, 6.45) is 6.17. The summed E-state index contributed by atoms with van der Waals surface area (Å²) in [7, 11) is 1.63. The monoisotopic (exact) mass is 477 g/mol. The van der Waals surface area contributed by atoms with E-state index in [9.17, 15) is 4.79 Å². The summed E-state index contributed by atoms with van der Waals surface area (Å²) >= 11 is 0. The molecule has 1 N–H and O–H groups in total. The van der Waals surface area contributed by atoms with Gasteiger partial charge in [-0.1, -0.05) is 48.5 Å². The maximum Gasteiger partial charge on any atom is 0.255 e. The van der Waals surface area contributed by atoms with Crippen molar-refractivity contribution < 1.29 is 9.53 Å². The lowest BCUT2D eigenvalue weighted by Gasteiger charge is -2.09. The molecule has 0 aliphatic carbocycles. The van der Waals surface area contributed by atoms with Crippen LogP contribution in [0.25, 0.3) is 16.9 Å². The van der Waals surface area contributed by atoms with Gasteiger partial charge in [0.1, 0.15) is 17.3 Å². The molecule has 7 nitrogen and oxygen atoms in total. The summed E-state index contributed by atoms with van der Waals surface area (Å²) in [5.41, 5.74) is 4.06. The van der Waals surface area contributed by atoms with Crippen molar-refractivity contribution in [3.63, 3.8) is 0 Å². The standard InChI is InChI=1S/C29H27N5O2/c1-36-25-14-12-23(13-15-25)28-26(21-34(32-28)24-10-6-3-7-11-24)29(35)31-17-16-27-30-18-19-33(27)20-22-8-4-2-5-9-22/h2-15,18-19,21H,16-17,20H2,1H3,(H,31,35). The third kappa shape index (κ3) is 5.20. The summed E-state index contributed by atoms with van der Waals surface area (Å²) < 4.78 is 9.13. The average Bonchev–Trinajstić information content (AvgIpc) is 3.57. The van der Waals surface area contributed by atoms with E-state index >= 15 is 0 Å². The van der Waals surface area contributed by atoms with Crippen LogP contribution < -0.4 is 10.1 Å². The number of hydrogen-bond acceptors (Lipinski definition) is 4. The molecule has 0 aliphatic heterocycles. The second-order valence-corrected chi connectivity index (χ2v) is 8.36. The van der Waals surface area contributed by atoms with E-state index in [1.807, 2.05) is 79.0 Å². The minimum Gasteiger partial charge on any atom is -0.497 e. The van der Waals surface area contributed by atoms with Crippen molar-refractivity contribution in [2.75, 3.05) is 13.7 Å². The van der Waals surface area contributed by atoms with Crippen LogP contribution in [0, 0.1) is 0 Å². The van der Waals surface area contributed by atoms with Gasteiger partial charge in [-0.15, -0.1) is 0 Å². The Morgan fingerprint density at radius 2 is 1.67 bits per heavy atom. The summed E-state index contributed by atoms with van der Waals surface area (Å²) in [6, 6.07) is 27.6. The van der Waals surface area contributed by atoms with E-state index in [-0.39, 0.29) is 5.91 Å². The number of imidazole rings is 1. The predicted octanol–water partition coefficient (Wildman–Crippen LogP) is 4.77. The highest BCUT2D eigenvalue weighted by atomic mass is 16.5. The van der Waals surface area contributed by atoms with E-state index in [2.05, 4.69) is 27.0 Å². The fourth-order valence-electron chi connectivity index (χ4n) is 4.09. The quantitative estimate of drug-likeness (QED) is 0.332. The Kier molecular flexibility index (Phi) is 6.89. The average molecular weight is 478 g/mol. The van der Waals surface area contributed by atoms with Gasteiger partial charge in [0.25, 0.3) is 5.91 Å². The van der Waals surface area contributed by atoms with Crippen molar-refractivity contribution >= 4 is 5.91 Å². The molecule has 0 atom stereocenters. The summed E-state index contributed by atoms with van der Waals surface area (Å²) in [5, 5.41) is 7.80. The van der Waals surface area contributed by atoms with Gasteiger partial charge in [-0.2, -0.15) is 5.10 Å². The zero-order valence-corrected chi connectivity index (χ0v) is 20.0. The molecule has 3 aromatic carbocycles. The molecular formula is C29H27N5O2. The smallest absolute Gasteiger partial charge is 0.255 e. The van der Waals surface area contributed by atoms with Gasteiger partial charge in [-0.3, -0.25) is 4.79 Å². The third-order valence-corrected chi connectivity index (χ3v) is 5.97. The van der Waals surface area contributed by atoms with E-state index < -0.39 is 0 Å². The van der Waals surface area contributed by atoms with Gasteiger partial charge in [-0.25, -0.2) is 9.67 Å². The summed E-state index contributed by atoms with van der Waals surface area (Å²) in [5.74, 6) is 1.50. The molecule has 0 spiro atoms. The highest BCUT2D eigenvalue weighted by Crippen LogP contribution is 2.26. The van der Waals surface area contributed by atoms with Crippen molar-refractivity contribution in [2.45, 2.75) is 13.0 Å². The van der Waals surface area contributed by atoms with Crippen LogP contribution in [0.1, 0.15) is 21.7 Å². The van der Waals surface area contributed by atoms with Crippen molar-refractivity contribution in [1.82, 2.24) is 24.6 Å². The van der Waals surface area contributed by atoms with Gasteiger partial charge in [0.05, 0.1) is 18.4 Å². The largest absolute Gasteiger partial charge is 0.497 e. The second-order valence-electron chi connectivity index (χ2n) is 8.36. The minimum atomic E-state index is -0.177. The first-order valence-electron chi connectivity index (χ1n) is 11.8. The van der Waals surface area contributed by atoms with Gasteiger partial charge in [0.15, 0.2) is 0 Å². The first-order chi connectivity index (χ1) is 17.7. The lowest BCUT2D eigenvalue weighted by molar-refractivity contribution is 0.0954. The summed E-state index contributed by atoms with van der Waals surface area (Å²) in [4.78, 5) is 17.8. The number of amides is 1. The molecule has 36 heavy (non-hydrogen) atoms. The first-order valence-corrected chi connectivity index (χ1v) is 11.8. The molecule has 2 heterocycles. The molecule has 0 saturated heterocycles. The molecule has 2 aromatic heterocycles. The number of rotatable bonds is 9. The number of benzene rings is 3.